The number of carbonyl (C=O) groups is 1. The van der Waals surface area contributed by atoms with Crippen molar-refractivity contribution >= 4 is 16.7 Å². The van der Waals surface area contributed by atoms with Crippen molar-refractivity contribution in [1.82, 2.24) is 15.0 Å². The highest BCUT2D eigenvalue weighted by Crippen LogP contribution is 2.31. The van der Waals surface area contributed by atoms with E-state index < -0.39 is 0 Å². The summed E-state index contributed by atoms with van der Waals surface area (Å²) in [6, 6.07) is 9.91. The first kappa shape index (κ1) is 13.9. The summed E-state index contributed by atoms with van der Waals surface area (Å²) in [6.45, 7) is 0.772. The van der Waals surface area contributed by atoms with E-state index in [0.29, 0.717) is 6.42 Å². The van der Waals surface area contributed by atoms with Crippen LogP contribution in [0, 0.1) is 0 Å². The van der Waals surface area contributed by atoms with Gasteiger partial charge in [0.25, 0.3) is 0 Å². The van der Waals surface area contributed by atoms with Gasteiger partial charge in [0.2, 0.25) is 5.91 Å². The van der Waals surface area contributed by atoms with Crippen LogP contribution in [0.5, 0.6) is 0 Å². The summed E-state index contributed by atoms with van der Waals surface area (Å²) in [4.78, 5) is 19.0. The third kappa shape index (κ3) is 2.59. The zero-order chi connectivity index (χ0) is 15.6. The SMILES string of the molecule is O=C(Cc1cncc2ccccc12)N1CCC[C@H]1c1ccon1. The predicted octanol–water partition coefficient (Wildman–Crippen LogP) is 3.13. The number of fused-ring (bicyclic) bond motifs is 1. The summed E-state index contributed by atoms with van der Waals surface area (Å²) in [7, 11) is 0. The Kier molecular flexibility index (Phi) is 3.54. The third-order valence-corrected chi connectivity index (χ3v) is 4.46. The maximum atomic E-state index is 12.8. The maximum Gasteiger partial charge on any atom is 0.227 e. The van der Waals surface area contributed by atoms with Crippen LogP contribution in [-0.4, -0.2) is 27.5 Å². The number of hydrogen-bond donors (Lipinski definition) is 0. The maximum absolute atomic E-state index is 12.8. The standard InChI is InChI=1S/C18H17N3O2/c22-18(21-8-3-6-17(21)16-7-9-23-20-16)10-14-12-19-11-13-4-1-2-5-15(13)14/h1-2,4-5,7,9,11-12,17H,3,6,8,10H2/t17-/m0/s1. The minimum atomic E-state index is 0.0317. The largest absolute Gasteiger partial charge is 0.364 e. The molecule has 5 heteroatoms. The lowest BCUT2D eigenvalue weighted by Gasteiger charge is -2.23. The van der Waals surface area contributed by atoms with Crippen molar-refractivity contribution in [1.29, 1.82) is 0 Å². The van der Waals surface area contributed by atoms with Crippen molar-refractivity contribution in [3.8, 4) is 0 Å². The molecule has 0 radical (unpaired) electrons. The van der Waals surface area contributed by atoms with Crippen LogP contribution < -0.4 is 0 Å². The van der Waals surface area contributed by atoms with Gasteiger partial charge in [0.15, 0.2) is 0 Å². The predicted molar refractivity (Wildman–Crippen MR) is 85.6 cm³/mol. The van der Waals surface area contributed by atoms with E-state index in [-0.39, 0.29) is 11.9 Å². The second-order valence-corrected chi connectivity index (χ2v) is 5.87. The summed E-state index contributed by atoms with van der Waals surface area (Å²) in [6.07, 6.45) is 7.48. The molecule has 0 spiro atoms. The van der Waals surface area contributed by atoms with Gasteiger partial charge in [-0.15, -0.1) is 0 Å². The highest BCUT2D eigenvalue weighted by molar-refractivity contribution is 5.89. The van der Waals surface area contributed by atoms with E-state index in [9.17, 15) is 4.79 Å². The van der Waals surface area contributed by atoms with Crippen LogP contribution in [0.4, 0.5) is 0 Å². The molecular formula is C18H17N3O2. The van der Waals surface area contributed by atoms with Gasteiger partial charge in [-0.25, -0.2) is 0 Å². The molecule has 5 nitrogen and oxygen atoms in total. The molecular weight excluding hydrogens is 290 g/mol. The zero-order valence-electron chi connectivity index (χ0n) is 12.7. The number of likely N-dealkylation sites (tertiary alicyclic amines) is 1. The topological polar surface area (TPSA) is 59.2 Å². The fraction of sp³-hybridized carbons (Fsp3) is 0.278. The molecule has 1 amide bonds. The Morgan fingerprint density at radius 3 is 3.04 bits per heavy atom. The number of aromatic nitrogens is 2. The molecule has 1 atom stereocenters. The average Bonchev–Trinajstić information content (AvgIpc) is 3.26. The Hall–Kier alpha value is -2.69. The number of benzene rings is 1. The molecule has 1 saturated heterocycles. The molecule has 0 saturated carbocycles. The minimum Gasteiger partial charge on any atom is -0.364 e. The van der Waals surface area contributed by atoms with Crippen molar-refractivity contribution in [2.75, 3.05) is 6.54 Å². The van der Waals surface area contributed by atoms with Gasteiger partial charge in [-0.2, -0.15) is 0 Å². The molecule has 0 N–H and O–H groups in total. The van der Waals surface area contributed by atoms with E-state index >= 15 is 0 Å². The van der Waals surface area contributed by atoms with E-state index in [2.05, 4.69) is 10.1 Å². The van der Waals surface area contributed by atoms with Gasteiger partial charge in [-0.05, 0) is 23.8 Å². The van der Waals surface area contributed by atoms with Gasteiger partial charge in [-0.3, -0.25) is 9.78 Å². The van der Waals surface area contributed by atoms with E-state index in [1.54, 1.807) is 12.5 Å². The number of hydrogen-bond acceptors (Lipinski definition) is 4. The zero-order valence-corrected chi connectivity index (χ0v) is 12.7. The van der Waals surface area contributed by atoms with Gasteiger partial charge in [0, 0.05) is 30.4 Å². The van der Waals surface area contributed by atoms with Gasteiger partial charge >= 0.3 is 0 Å². The summed E-state index contributed by atoms with van der Waals surface area (Å²) in [5, 5.41) is 6.16. The van der Waals surface area contributed by atoms with Crippen molar-refractivity contribution in [2.24, 2.45) is 0 Å². The van der Waals surface area contributed by atoms with Crippen LogP contribution >= 0.6 is 0 Å². The summed E-state index contributed by atoms with van der Waals surface area (Å²) < 4.78 is 4.93. The van der Waals surface area contributed by atoms with Crippen molar-refractivity contribution in [3.05, 3.63) is 60.2 Å². The van der Waals surface area contributed by atoms with Gasteiger partial charge in [0.1, 0.15) is 12.0 Å². The molecule has 3 heterocycles. The fourth-order valence-corrected chi connectivity index (χ4v) is 3.35. The van der Waals surface area contributed by atoms with Gasteiger partial charge in [-0.1, -0.05) is 29.4 Å². The highest BCUT2D eigenvalue weighted by atomic mass is 16.5. The summed E-state index contributed by atoms with van der Waals surface area (Å²) in [5.41, 5.74) is 1.81. The molecule has 4 rings (SSSR count). The van der Waals surface area contributed by atoms with Crippen LogP contribution in [0.15, 0.2) is 53.5 Å². The Labute approximate surface area is 133 Å². The molecule has 0 aliphatic carbocycles. The van der Waals surface area contributed by atoms with E-state index in [1.165, 1.54) is 0 Å². The first-order valence-electron chi connectivity index (χ1n) is 7.84. The Morgan fingerprint density at radius 2 is 2.17 bits per heavy atom. The molecule has 1 fully saturated rings. The van der Waals surface area contributed by atoms with Crippen LogP contribution in [0.3, 0.4) is 0 Å². The lowest BCUT2D eigenvalue weighted by Crippen LogP contribution is -2.32. The van der Waals surface area contributed by atoms with Crippen LogP contribution in [0.25, 0.3) is 10.8 Å². The Morgan fingerprint density at radius 1 is 1.26 bits per heavy atom. The van der Waals surface area contributed by atoms with Crippen LogP contribution in [0.1, 0.15) is 30.1 Å². The number of carbonyl (C=O) groups excluding carboxylic acids is 1. The molecule has 1 aliphatic heterocycles. The molecule has 116 valence electrons. The van der Waals surface area contributed by atoms with Crippen molar-refractivity contribution in [2.45, 2.75) is 25.3 Å². The second-order valence-electron chi connectivity index (χ2n) is 5.87. The molecule has 23 heavy (non-hydrogen) atoms. The van der Waals surface area contributed by atoms with Gasteiger partial charge in [0.05, 0.1) is 12.5 Å². The molecule has 0 bridgehead atoms. The number of pyridine rings is 1. The fourth-order valence-electron chi connectivity index (χ4n) is 3.35. The Balaban J connectivity index is 1.59. The quantitative estimate of drug-likeness (QED) is 0.746. The highest BCUT2D eigenvalue weighted by Gasteiger charge is 2.31. The van der Waals surface area contributed by atoms with E-state index in [0.717, 1.165) is 41.4 Å². The molecule has 2 aromatic heterocycles. The van der Waals surface area contributed by atoms with E-state index in [1.807, 2.05) is 41.4 Å². The number of nitrogens with zero attached hydrogens (tertiary/aromatic N) is 3. The first-order valence-corrected chi connectivity index (χ1v) is 7.84. The Bertz CT molecular complexity index is 824. The second kappa shape index (κ2) is 5.83. The monoisotopic (exact) mass is 307 g/mol. The summed E-state index contributed by atoms with van der Waals surface area (Å²) >= 11 is 0. The normalized spacial score (nSPS) is 17.7. The van der Waals surface area contributed by atoms with Crippen LogP contribution in [0.2, 0.25) is 0 Å². The van der Waals surface area contributed by atoms with Crippen molar-refractivity contribution in [3.63, 3.8) is 0 Å². The molecule has 0 unspecified atom stereocenters. The van der Waals surface area contributed by atoms with Crippen LogP contribution in [-0.2, 0) is 11.2 Å². The van der Waals surface area contributed by atoms with Crippen molar-refractivity contribution < 1.29 is 9.32 Å². The lowest BCUT2D eigenvalue weighted by atomic mass is 10.0. The smallest absolute Gasteiger partial charge is 0.227 e. The summed E-state index contributed by atoms with van der Waals surface area (Å²) in [5.74, 6) is 0.119. The third-order valence-electron chi connectivity index (χ3n) is 4.46. The average molecular weight is 307 g/mol. The number of amides is 1. The van der Waals surface area contributed by atoms with E-state index in [4.69, 9.17) is 4.52 Å². The first-order chi connectivity index (χ1) is 11.3. The lowest BCUT2D eigenvalue weighted by molar-refractivity contribution is -0.131. The van der Waals surface area contributed by atoms with Gasteiger partial charge < -0.3 is 9.42 Å². The molecule has 1 aromatic carbocycles. The molecule has 1 aliphatic rings. The minimum absolute atomic E-state index is 0.0317. The molecule has 3 aromatic rings. The number of rotatable bonds is 3.